The zero-order valence-electron chi connectivity index (χ0n) is 17.5. The van der Waals surface area contributed by atoms with Crippen LogP contribution in [-0.4, -0.2) is 12.6 Å². The molecule has 0 bridgehead atoms. The molecule has 6 nitrogen and oxygen atoms in total. The number of ether oxygens (including phenoxy) is 2. The monoisotopic (exact) mass is 413 g/mol. The lowest BCUT2D eigenvalue weighted by atomic mass is 9.77. The Bertz CT molecular complexity index is 1100. The maximum atomic E-state index is 12.6. The van der Waals surface area contributed by atoms with Gasteiger partial charge in [-0.05, 0) is 41.7 Å². The van der Waals surface area contributed by atoms with E-state index in [1.807, 2.05) is 47.4 Å². The number of hydrogen-bond acceptors (Lipinski definition) is 6. The average molecular weight is 413 g/mol. The molecule has 6 heteroatoms. The molecule has 0 aromatic heterocycles. The minimum atomic E-state index is -0.971. The van der Waals surface area contributed by atoms with Crippen molar-refractivity contribution in [2.75, 3.05) is 11.7 Å². The first-order chi connectivity index (χ1) is 14.9. The van der Waals surface area contributed by atoms with Crippen molar-refractivity contribution in [1.29, 1.82) is 10.5 Å². The average Bonchev–Trinajstić information content (AvgIpc) is 3.21. The highest BCUT2D eigenvalue weighted by Gasteiger charge is 2.37. The second-order valence-electron chi connectivity index (χ2n) is 8.62. The van der Waals surface area contributed by atoms with Crippen molar-refractivity contribution in [1.82, 2.24) is 0 Å². The Morgan fingerprint density at radius 3 is 2.39 bits per heavy atom. The van der Waals surface area contributed by atoms with E-state index < -0.39 is 12.0 Å². The Morgan fingerprint density at radius 2 is 1.71 bits per heavy atom. The van der Waals surface area contributed by atoms with E-state index >= 15 is 0 Å². The van der Waals surface area contributed by atoms with Gasteiger partial charge in [0, 0.05) is 23.9 Å². The second kappa shape index (κ2) is 8.16. The lowest BCUT2D eigenvalue weighted by Crippen LogP contribution is -2.37. The normalized spacial score (nSPS) is 17.5. The van der Waals surface area contributed by atoms with Crippen LogP contribution in [0.3, 0.4) is 0 Å². The molecule has 4 rings (SSSR count). The van der Waals surface area contributed by atoms with Crippen molar-refractivity contribution in [3.8, 4) is 23.6 Å². The van der Waals surface area contributed by atoms with Crippen molar-refractivity contribution in [2.24, 2.45) is 11.3 Å². The summed E-state index contributed by atoms with van der Waals surface area (Å²) in [6.07, 6.45) is 2.77. The summed E-state index contributed by atoms with van der Waals surface area (Å²) in [6.45, 7) is 4.26. The van der Waals surface area contributed by atoms with Gasteiger partial charge in [-0.2, -0.15) is 10.5 Å². The van der Waals surface area contributed by atoms with Crippen LogP contribution in [0.25, 0.3) is 0 Å². The van der Waals surface area contributed by atoms with Gasteiger partial charge in [0.2, 0.25) is 6.79 Å². The van der Waals surface area contributed by atoms with E-state index in [4.69, 9.17) is 9.47 Å². The Hall–Kier alpha value is -3.77. The van der Waals surface area contributed by atoms with E-state index in [0.29, 0.717) is 24.3 Å². The number of carbonyl (C=O) groups is 1. The van der Waals surface area contributed by atoms with E-state index in [-0.39, 0.29) is 18.0 Å². The molecule has 2 aromatic carbocycles. The summed E-state index contributed by atoms with van der Waals surface area (Å²) in [5.41, 5.74) is 2.14. The van der Waals surface area contributed by atoms with Gasteiger partial charge in [-0.25, -0.2) is 0 Å². The highest BCUT2D eigenvalue weighted by atomic mass is 16.7. The van der Waals surface area contributed by atoms with Gasteiger partial charge in [-0.3, -0.25) is 4.79 Å². The van der Waals surface area contributed by atoms with Gasteiger partial charge in [0.25, 0.3) is 0 Å². The van der Waals surface area contributed by atoms with Crippen LogP contribution in [0.15, 0.2) is 60.3 Å². The number of ketones is 1. The van der Waals surface area contributed by atoms with E-state index in [1.54, 1.807) is 12.1 Å². The third kappa shape index (κ3) is 4.11. The van der Waals surface area contributed by atoms with E-state index in [0.717, 1.165) is 16.9 Å². The number of allylic oxidation sites excluding steroid dienone is 2. The molecular formula is C25H23N3O3. The maximum Gasteiger partial charge on any atom is 0.231 e. The molecule has 0 saturated heterocycles. The fourth-order valence-electron chi connectivity index (χ4n) is 4.32. The van der Waals surface area contributed by atoms with E-state index in [2.05, 4.69) is 26.0 Å². The quantitative estimate of drug-likeness (QED) is 0.693. The summed E-state index contributed by atoms with van der Waals surface area (Å²) >= 11 is 0. The number of rotatable bonds is 5. The number of para-hydroxylation sites is 1. The molecule has 1 aliphatic heterocycles. The number of carbonyl (C=O) groups excluding carboxylic acids is 1. The fourth-order valence-corrected chi connectivity index (χ4v) is 4.32. The molecule has 0 saturated carbocycles. The maximum absolute atomic E-state index is 12.6. The molecule has 1 atom stereocenters. The summed E-state index contributed by atoms with van der Waals surface area (Å²) in [4.78, 5) is 14.5. The second-order valence-corrected chi connectivity index (χ2v) is 8.62. The lowest BCUT2D eigenvalue weighted by molar-refractivity contribution is -0.117. The molecule has 0 fully saturated rings. The molecular weight excluding hydrogens is 390 g/mol. The van der Waals surface area contributed by atoms with Crippen LogP contribution in [-0.2, 0) is 4.79 Å². The summed E-state index contributed by atoms with van der Waals surface area (Å²) in [5, 5.41) is 19.7. The molecule has 0 spiro atoms. The highest BCUT2D eigenvalue weighted by molar-refractivity contribution is 5.92. The summed E-state index contributed by atoms with van der Waals surface area (Å²) < 4.78 is 11.0. The fraction of sp³-hybridized carbons (Fsp3) is 0.320. The number of hydrogen-bond donors (Lipinski definition) is 0. The van der Waals surface area contributed by atoms with Crippen molar-refractivity contribution < 1.29 is 14.3 Å². The number of fused-ring (bicyclic) bond motifs is 1. The SMILES string of the molecule is CC1(C)CC(=O)C=C(N(c2ccccc2)C(c2ccc3c(c2)OCO3)C(C#N)C#N)C1. The van der Waals surface area contributed by atoms with Gasteiger partial charge in [0.1, 0.15) is 0 Å². The van der Waals surface area contributed by atoms with Crippen LogP contribution in [0.2, 0.25) is 0 Å². The first kappa shape index (κ1) is 20.5. The predicted molar refractivity (Wildman–Crippen MR) is 115 cm³/mol. The molecule has 0 radical (unpaired) electrons. The number of anilines is 1. The molecule has 1 unspecified atom stereocenters. The third-order valence-corrected chi connectivity index (χ3v) is 5.59. The molecule has 2 aromatic rings. The summed E-state index contributed by atoms with van der Waals surface area (Å²) in [6, 6.07) is 18.7. The largest absolute Gasteiger partial charge is 0.454 e. The molecule has 2 aliphatic rings. The smallest absolute Gasteiger partial charge is 0.231 e. The van der Waals surface area contributed by atoms with Crippen LogP contribution in [0, 0.1) is 34.0 Å². The van der Waals surface area contributed by atoms with Crippen molar-refractivity contribution in [2.45, 2.75) is 32.7 Å². The first-order valence-corrected chi connectivity index (χ1v) is 10.2. The van der Waals surface area contributed by atoms with E-state index in [9.17, 15) is 15.3 Å². The standard InChI is InChI=1S/C25H23N3O3/c1-25(2)12-20(11-21(29)13-25)28(19-6-4-3-5-7-19)24(18(14-26)15-27)17-8-9-22-23(10-17)31-16-30-22/h3-11,18,24H,12-13,16H2,1-2H3. The molecule has 0 amide bonds. The van der Waals surface area contributed by atoms with Crippen LogP contribution >= 0.6 is 0 Å². The number of nitriles is 2. The Morgan fingerprint density at radius 1 is 1.00 bits per heavy atom. The Labute approximate surface area is 181 Å². The van der Waals surface area contributed by atoms with Crippen LogP contribution in [0.4, 0.5) is 5.69 Å². The first-order valence-electron chi connectivity index (χ1n) is 10.2. The van der Waals surface area contributed by atoms with Gasteiger partial charge in [-0.15, -0.1) is 0 Å². The van der Waals surface area contributed by atoms with Gasteiger partial charge >= 0.3 is 0 Å². The van der Waals surface area contributed by atoms with Crippen molar-refractivity contribution in [3.63, 3.8) is 0 Å². The Balaban J connectivity index is 1.90. The highest BCUT2D eigenvalue weighted by Crippen LogP contribution is 2.44. The van der Waals surface area contributed by atoms with Gasteiger partial charge in [-0.1, -0.05) is 38.1 Å². The molecule has 1 heterocycles. The minimum Gasteiger partial charge on any atom is -0.454 e. The zero-order chi connectivity index (χ0) is 22.0. The molecule has 1 aliphatic carbocycles. The summed E-state index contributed by atoms with van der Waals surface area (Å²) in [7, 11) is 0. The number of benzene rings is 2. The summed E-state index contributed by atoms with van der Waals surface area (Å²) in [5.74, 6) is 0.287. The van der Waals surface area contributed by atoms with Crippen LogP contribution in [0.5, 0.6) is 11.5 Å². The predicted octanol–water partition coefficient (Wildman–Crippen LogP) is 4.90. The topological polar surface area (TPSA) is 86.3 Å². The molecule has 31 heavy (non-hydrogen) atoms. The van der Waals surface area contributed by atoms with Crippen molar-refractivity contribution in [3.05, 3.63) is 65.9 Å². The zero-order valence-corrected chi connectivity index (χ0v) is 17.5. The van der Waals surface area contributed by atoms with Gasteiger partial charge in [0.05, 0.1) is 18.2 Å². The lowest BCUT2D eigenvalue weighted by Gasteiger charge is -2.41. The van der Waals surface area contributed by atoms with Crippen LogP contribution in [0.1, 0.15) is 38.3 Å². The molecule has 156 valence electrons. The Kier molecular flexibility index (Phi) is 5.40. The minimum absolute atomic E-state index is 0.0436. The molecule has 0 N–H and O–H groups in total. The number of nitrogens with zero attached hydrogens (tertiary/aromatic N) is 3. The van der Waals surface area contributed by atoms with Gasteiger partial charge in [0.15, 0.2) is 23.2 Å². The van der Waals surface area contributed by atoms with Crippen LogP contribution < -0.4 is 14.4 Å². The van der Waals surface area contributed by atoms with Gasteiger partial charge < -0.3 is 14.4 Å². The third-order valence-electron chi connectivity index (χ3n) is 5.59. The van der Waals surface area contributed by atoms with Crippen molar-refractivity contribution >= 4 is 11.5 Å². The van der Waals surface area contributed by atoms with E-state index in [1.165, 1.54) is 0 Å².